The molecule has 0 saturated carbocycles. The van der Waals surface area contributed by atoms with Crippen molar-refractivity contribution in [2.75, 3.05) is 11.1 Å². The lowest BCUT2D eigenvalue weighted by Gasteiger charge is -2.05. The molecule has 0 aliphatic rings. The minimum Gasteiger partial charge on any atom is -0.310 e. The number of hydrogen-bond donors (Lipinski definition) is 1. The number of carbonyl (C=O) groups excluding carboxylic acids is 1. The number of aromatic nitrogens is 5. The molecule has 0 aromatic carbocycles. The van der Waals surface area contributed by atoms with Gasteiger partial charge >= 0.3 is 0 Å². The van der Waals surface area contributed by atoms with Gasteiger partial charge in [0.2, 0.25) is 5.91 Å². The molecular weight excluding hydrogens is 348 g/mol. The third-order valence-corrected chi connectivity index (χ3v) is 4.30. The van der Waals surface area contributed by atoms with Crippen LogP contribution in [0.25, 0.3) is 11.5 Å². The maximum atomic E-state index is 12.0. The summed E-state index contributed by atoms with van der Waals surface area (Å²) in [5.41, 5.74) is 0.731. The molecule has 3 heterocycles. The van der Waals surface area contributed by atoms with Crippen molar-refractivity contribution >= 4 is 35.1 Å². The molecule has 0 spiro atoms. The van der Waals surface area contributed by atoms with E-state index in [1.54, 1.807) is 22.9 Å². The highest BCUT2D eigenvalue weighted by molar-refractivity contribution is 7.99. The molecule has 3 aromatic heterocycles. The van der Waals surface area contributed by atoms with Crippen molar-refractivity contribution in [3.05, 3.63) is 47.7 Å². The van der Waals surface area contributed by atoms with E-state index in [4.69, 9.17) is 11.6 Å². The fourth-order valence-corrected chi connectivity index (χ4v) is 2.74. The Balaban J connectivity index is 1.62. The van der Waals surface area contributed by atoms with E-state index in [1.165, 1.54) is 18.0 Å². The first-order valence-corrected chi connectivity index (χ1v) is 8.35. The molecule has 24 heavy (non-hydrogen) atoms. The van der Waals surface area contributed by atoms with E-state index in [9.17, 15) is 4.79 Å². The van der Waals surface area contributed by atoms with E-state index in [0.29, 0.717) is 21.8 Å². The first-order chi connectivity index (χ1) is 11.6. The third kappa shape index (κ3) is 3.90. The third-order valence-electron chi connectivity index (χ3n) is 3.06. The summed E-state index contributed by atoms with van der Waals surface area (Å²) in [7, 11) is 1.84. The second-order valence-electron chi connectivity index (χ2n) is 4.78. The molecule has 122 valence electrons. The van der Waals surface area contributed by atoms with Crippen molar-refractivity contribution in [3.8, 4) is 11.5 Å². The average molecular weight is 361 g/mol. The zero-order valence-electron chi connectivity index (χ0n) is 12.7. The summed E-state index contributed by atoms with van der Waals surface area (Å²) in [5, 5.41) is 12.1. The second-order valence-corrected chi connectivity index (χ2v) is 6.16. The zero-order chi connectivity index (χ0) is 16.9. The van der Waals surface area contributed by atoms with Crippen molar-refractivity contribution in [2.24, 2.45) is 7.05 Å². The summed E-state index contributed by atoms with van der Waals surface area (Å²) in [4.78, 5) is 20.3. The molecule has 0 bridgehead atoms. The fourth-order valence-electron chi connectivity index (χ4n) is 1.92. The van der Waals surface area contributed by atoms with Crippen molar-refractivity contribution in [3.63, 3.8) is 0 Å². The molecule has 0 radical (unpaired) electrons. The number of nitrogens with zero attached hydrogens (tertiary/aromatic N) is 5. The Kier molecular flexibility index (Phi) is 5.07. The highest BCUT2D eigenvalue weighted by atomic mass is 35.5. The van der Waals surface area contributed by atoms with Gasteiger partial charge in [0.05, 0.1) is 10.8 Å². The maximum Gasteiger partial charge on any atom is 0.236 e. The van der Waals surface area contributed by atoms with Crippen LogP contribution in [0.2, 0.25) is 5.02 Å². The summed E-state index contributed by atoms with van der Waals surface area (Å²) in [6, 6.07) is 8.89. The molecule has 0 aliphatic carbocycles. The van der Waals surface area contributed by atoms with Gasteiger partial charge in [-0.25, -0.2) is 4.98 Å². The Morgan fingerprint density at radius 2 is 2.12 bits per heavy atom. The predicted octanol–water partition coefficient (Wildman–Crippen LogP) is 2.66. The quantitative estimate of drug-likeness (QED) is 0.704. The van der Waals surface area contributed by atoms with Gasteiger partial charge in [0.15, 0.2) is 11.0 Å². The molecule has 7 nitrogen and oxygen atoms in total. The SMILES string of the molecule is Cn1c(SCC(=O)Nc2ccc(Cl)cn2)nnc1-c1ccccn1. The lowest BCUT2D eigenvalue weighted by molar-refractivity contribution is -0.113. The minimum absolute atomic E-state index is 0.183. The van der Waals surface area contributed by atoms with Crippen molar-refractivity contribution in [1.82, 2.24) is 24.7 Å². The van der Waals surface area contributed by atoms with E-state index < -0.39 is 0 Å². The summed E-state index contributed by atoms with van der Waals surface area (Å²) < 4.78 is 1.81. The van der Waals surface area contributed by atoms with Crippen LogP contribution in [0, 0.1) is 0 Å². The van der Waals surface area contributed by atoms with Crippen LogP contribution in [0.3, 0.4) is 0 Å². The zero-order valence-corrected chi connectivity index (χ0v) is 14.3. The molecular formula is C15H13ClN6OS. The normalized spacial score (nSPS) is 10.6. The number of amides is 1. The summed E-state index contributed by atoms with van der Waals surface area (Å²) in [6.45, 7) is 0. The van der Waals surface area contributed by atoms with Crippen LogP contribution in [0.5, 0.6) is 0 Å². The Morgan fingerprint density at radius 3 is 2.83 bits per heavy atom. The number of hydrogen-bond acceptors (Lipinski definition) is 6. The Labute approximate surface area is 147 Å². The van der Waals surface area contributed by atoms with Crippen LogP contribution < -0.4 is 5.32 Å². The van der Waals surface area contributed by atoms with E-state index in [1.807, 2.05) is 25.2 Å². The lowest BCUT2D eigenvalue weighted by atomic mass is 10.3. The smallest absolute Gasteiger partial charge is 0.236 e. The van der Waals surface area contributed by atoms with Crippen LogP contribution in [0.1, 0.15) is 0 Å². The van der Waals surface area contributed by atoms with E-state index in [2.05, 4.69) is 25.5 Å². The Bertz CT molecular complexity index is 837. The first kappa shape index (κ1) is 16.4. The number of rotatable bonds is 5. The van der Waals surface area contributed by atoms with Gasteiger partial charge in [-0.2, -0.15) is 0 Å². The predicted molar refractivity (Wildman–Crippen MR) is 92.8 cm³/mol. The molecule has 9 heteroatoms. The molecule has 1 N–H and O–H groups in total. The molecule has 0 fully saturated rings. The minimum atomic E-state index is -0.183. The number of halogens is 1. The van der Waals surface area contributed by atoms with E-state index in [-0.39, 0.29) is 11.7 Å². The summed E-state index contributed by atoms with van der Waals surface area (Å²) >= 11 is 7.05. The van der Waals surface area contributed by atoms with Gasteiger partial charge in [0.25, 0.3) is 0 Å². The first-order valence-electron chi connectivity index (χ1n) is 6.98. The van der Waals surface area contributed by atoms with Crippen molar-refractivity contribution < 1.29 is 4.79 Å². The maximum absolute atomic E-state index is 12.0. The van der Waals surface area contributed by atoms with E-state index >= 15 is 0 Å². The Hall–Kier alpha value is -2.45. The van der Waals surface area contributed by atoms with Gasteiger partial charge in [-0.15, -0.1) is 10.2 Å². The fraction of sp³-hybridized carbons (Fsp3) is 0.133. The number of carbonyl (C=O) groups is 1. The van der Waals surface area contributed by atoms with Crippen LogP contribution in [0.15, 0.2) is 47.9 Å². The van der Waals surface area contributed by atoms with Gasteiger partial charge in [0.1, 0.15) is 11.5 Å². The molecule has 3 rings (SSSR count). The highest BCUT2D eigenvalue weighted by Crippen LogP contribution is 2.21. The summed E-state index contributed by atoms with van der Waals surface area (Å²) in [6.07, 6.45) is 3.18. The van der Waals surface area contributed by atoms with Gasteiger partial charge in [-0.05, 0) is 24.3 Å². The number of anilines is 1. The van der Waals surface area contributed by atoms with Crippen LogP contribution in [-0.2, 0) is 11.8 Å². The molecule has 0 atom stereocenters. The molecule has 0 unspecified atom stereocenters. The standard InChI is InChI=1S/C15H13ClN6OS/c1-22-14(11-4-2-3-7-17-11)20-21-15(22)24-9-13(23)19-12-6-5-10(16)8-18-12/h2-8H,9H2,1H3,(H,18,19,23). The van der Waals surface area contributed by atoms with Gasteiger partial charge in [0, 0.05) is 19.4 Å². The molecule has 3 aromatic rings. The Morgan fingerprint density at radius 1 is 1.25 bits per heavy atom. The molecule has 0 saturated heterocycles. The second kappa shape index (κ2) is 7.41. The number of thioether (sulfide) groups is 1. The number of pyridine rings is 2. The largest absolute Gasteiger partial charge is 0.310 e. The van der Waals surface area contributed by atoms with Gasteiger partial charge in [-0.3, -0.25) is 9.78 Å². The number of nitrogens with one attached hydrogen (secondary N) is 1. The van der Waals surface area contributed by atoms with Crippen LogP contribution in [-0.4, -0.2) is 36.4 Å². The monoisotopic (exact) mass is 360 g/mol. The topological polar surface area (TPSA) is 85.6 Å². The van der Waals surface area contributed by atoms with Gasteiger partial charge < -0.3 is 9.88 Å². The summed E-state index contributed by atoms with van der Waals surface area (Å²) in [5.74, 6) is 1.12. The average Bonchev–Trinajstić information content (AvgIpc) is 2.97. The van der Waals surface area contributed by atoms with Crippen molar-refractivity contribution in [1.29, 1.82) is 0 Å². The molecule has 1 amide bonds. The van der Waals surface area contributed by atoms with Crippen molar-refractivity contribution in [2.45, 2.75) is 5.16 Å². The van der Waals surface area contributed by atoms with Crippen LogP contribution in [0.4, 0.5) is 5.82 Å². The highest BCUT2D eigenvalue weighted by Gasteiger charge is 2.13. The van der Waals surface area contributed by atoms with Crippen LogP contribution >= 0.6 is 23.4 Å². The van der Waals surface area contributed by atoms with E-state index in [0.717, 1.165) is 5.69 Å². The molecule has 0 aliphatic heterocycles. The lowest BCUT2D eigenvalue weighted by Crippen LogP contribution is -2.15. The van der Waals surface area contributed by atoms with Gasteiger partial charge in [-0.1, -0.05) is 29.4 Å².